The van der Waals surface area contributed by atoms with E-state index in [1.165, 1.54) is 0 Å². The van der Waals surface area contributed by atoms with Gasteiger partial charge in [-0.25, -0.2) is 36.7 Å². The molecule has 9 nitrogen and oxygen atoms in total. The molecule has 2 N–H and O–H groups in total. The molecule has 2 aromatic heterocycles. The topological polar surface area (TPSA) is 110 Å². The third kappa shape index (κ3) is 6.84. The van der Waals surface area contributed by atoms with E-state index in [9.17, 15) is 32.3 Å². The summed E-state index contributed by atoms with van der Waals surface area (Å²) in [5, 5.41) is 13.6. The van der Waals surface area contributed by atoms with Gasteiger partial charge in [0.2, 0.25) is 5.92 Å². The van der Waals surface area contributed by atoms with Crippen LogP contribution in [0.25, 0.3) is 22.3 Å². The first-order valence-corrected chi connectivity index (χ1v) is 20.1. The molecule has 3 heterocycles. The zero-order chi connectivity index (χ0) is 40.3. The monoisotopic (exact) mass is 805 g/mol. The van der Waals surface area contributed by atoms with Crippen LogP contribution in [0.4, 0.5) is 30.7 Å². The molecule has 6 saturated carbocycles. The van der Waals surface area contributed by atoms with E-state index in [1.54, 1.807) is 24.4 Å². The quantitative estimate of drug-likeness (QED) is 0.208. The van der Waals surface area contributed by atoms with Gasteiger partial charge in [-0.2, -0.15) is 8.78 Å². The predicted octanol–water partition coefficient (Wildman–Crippen LogP) is 8.70. The third-order valence-electron chi connectivity index (χ3n) is 14.0. The Morgan fingerprint density at radius 3 is 2.18 bits per heavy atom. The molecule has 5 atom stereocenters. The standard InChI is InChI=1S/C41H46F7N5O4/c1-37(42,43)33-30(35(54)51-41(36(55)56)23-12-22-13-24(41)17-38(44,15-22)16-23)18-49-34(50-33)31-19-53(26-8-10-39(45,46)11-9-26)32-14-28(6-7-29(31)32)57-27-4-2-25(3-5-27)52-20-40(47,48)21-52/h6-7,14,18-19,22-27H,2-5,8-13,15-17,20-21H2,1H3,(H,51,54)(H,55,56)/t22?,23-,24+,25?,27?,38?,41?. The van der Waals surface area contributed by atoms with Crippen molar-refractivity contribution in [3.8, 4) is 17.1 Å². The van der Waals surface area contributed by atoms with Gasteiger partial charge in [-0.3, -0.25) is 9.69 Å². The lowest BCUT2D eigenvalue weighted by atomic mass is 9.47. The summed E-state index contributed by atoms with van der Waals surface area (Å²) in [6.07, 6.45) is 6.04. The van der Waals surface area contributed by atoms with Crippen LogP contribution in [0.15, 0.2) is 30.6 Å². The summed E-state index contributed by atoms with van der Waals surface area (Å²) in [7, 11) is 0. The SMILES string of the molecule is CC(F)(F)c1nc(-c2cn(C3CCC(F)(F)CC3)c3cc(OC4CCC(N5CC(F)(F)C5)CC4)ccc23)ncc1C(=O)NC1(C(=O)O)[C@@H]2CC3C[C@H]1CC(F)(C3)C2. The van der Waals surface area contributed by atoms with E-state index >= 15 is 13.2 Å². The lowest BCUT2D eigenvalue weighted by Crippen LogP contribution is -2.72. The number of hydrogen-bond donors (Lipinski definition) is 2. The summed E-state index contributed by atoms with van der Waals surface area (Å²) in [6, 6.07) is 4.96. The van der Waals surface area contributed by atoms with Crippen molar-refractivity contribution >= 4 is 22.8 Å². The van der Waals surface area contributed by atoms with Crippen LogP contribution in [0.5, 0.6) is 5.75 Å². The van der Waals surface area contributed by atoms with Gasteiger partial charge >= 0.3 is 5.97 Å². The summed E-state index contributed by atoms with van der Waals surface area (Å²) in [5.74, 6) is -12.5. The third-order valence-corrected chi connectivity index (χ3v) is 14.0. The number of carbonyl (C=O) groups excluding carboxylic acids is 1. The van der Waals surface area contributed by atoms with Crippen molar-refractivity contribution < 1.29 is 50.2 Å². The largest absolute Gasteiger partial charge is 0.490 e. The molecule has 6 aliphatic carbocycles. The number of rotatable bonds is 9. The van der Waals surface area contributed by atoms with Gasteiger partial charge in [-0.15, -0.1) is 0 Å². The molecule has 1 aromatic carbocycles. The van der Waals surface area contributed by atoms with Crippen molar-refractivity contribution in [3.05, 3.63) is 41.9 Å². The molecule has 10 rings (SSSR count). The average molecular weight is 806 g/mol. The van der Waals surface area contributed by atoms with Crippen molar-refractivity contribution in [1.29, 1.82) is 0 Å². The Hall–Kier alpha value is -3.95. The smallest absolute Gasteiger partial charge is 0.330 e. The number of amides is 1. The second-order valence-corrected chi connectivity index (χ2v) is 18.0. The number of carboxylic acids is 1. The Morgan fingerprint density at radius 2 is 1.58 bits per heavy atom. The Bertz CT molecular complexity index is 2060. The second kappa shape index (κ2) is 13.3. The average Bonchev–Trinajstić information content (AvgIpc) is 3.50. The van der Waals surface area contributed by atoms with Gasteiger partial charge in [0.15, 0.2) is 5.82 Å². The number of fused-ring (bicyclic) bond motifs is 1. The first-order chi connectivity index (χ1) is 26.8. The first-order valence-electron chi connectivity index (χ1n) is 20.1. The molecule has 0 spiro atoms. The van der Waals surface area contributed by atoms with Crippen LogP contribution in [0.3, 0.4) is 0 Å². The molecule has 308 valence electrons. The number of alkyl halides is 7. The number of benzene rings is 1. The first kappa shape index (κ1) is 38.6. The van der Waals surface area contributed by atoms with Crippen molar-refractivity contribution in [2.24, 2.45) is 17.8 Å². The van der Waals surface area contributed by atoms with Crippen LogP contribution >= 0.6 is 0 Å². The predicted molar refractivity (Wildman–Crippen MR) is 193 cm³/mol. The van der Waals surface area contributed by atoms with Gasteiger partial charge in [-0.05, 0) is 101 Å². The van der Waals surface area contributed by atoms with Crippen LogP contribution in [0, 0.1) is 17.8 Å². The van der Waals surface area contributed by atoms with Crippen molar-refractivity contribution in [3.63, 3.8) is 0 Å². The van der Waals surface area contributed by atoms with Gasteiger partial charge in [0.25, 0.3) is 17.8 Å². The maximum atomic E-state index is 15.6. The fraction of sp³-hybridized carbons (Fsp3) is 0.659. The zero-order valence-corrected chi connectivity index (χ0v) is 31.6. The fourth-order valence-corrected chi connectivity index (χ4v) is 11.4. The molecule has 3 unspecified atom stereocenters. The summed E-state index contributed by atoms with van der Waals surface area (Å²) in [4.78, 5) is 37.2. The summed E-state index contributed by atoms with van der Waals surface area (Å²) in [6.45, 7) is 0.135. The number of nitrogens with zero attached hydrogens (tertiary/aromatic N) is 4. The number of likely N-dealkylation sites (tertiary alicyclic amines) is 1. The molecule has 7 aliphatic rings. The lowest BCUT2D eigenvalue weighted by Gasteiger charge is -2.61. The summed E-state index contributed by atoms with van der Waals surface area (Å²) >= 11 is 0. The highest BCUT2D eigenvalue weighted by Gasteiger charge is 2.67. The lowest BCUT2D eigenvalue weighted by molar-refractivity contribution is -0.174. The molecule has 1 aliphatic heterocycles. The van der Waals surface area contributed by atoms with Crippen LogP contribution in [0.1, 0.15) is 112 Å². The Kier molecular flexibility index (Phi) is 8.99. The molecular weight excluding hydrogens is 759 g/mol. The molecule has 3 aromatic rings. The Balaban J connectivity index is 1.02. The molecule has 0 radical (unpaired) electrons. The van der Waals surface area contributed by atoms with Crippen LogP contribution < -0.4 is 10.1 Å². The van der Waals surface area contributed by atoms with Gasteiger partial charge in [0, 0.05) is 61.3 Å². The molecule has 1 amide bonds. The minimum atomic E-state index is -3.67. The van der Waals surface area contributed by atoms with Crippen LogP contribution in [0.2, 0.25) is 0 Å². The van der Waals surface area contributed by atoms with Crippen LogP contribution in [-0.2, 0) is 10.7 Å². The number of hydrogen-bond acceptors (Lipinski definition) is 6. The molecule has 1 saturated heterocycles. The van der Waals surface area contributed by atoms with Crippen molar-refractivity contribution in [2.45, 2.75) is 138 Å². The fourth-order valence-electron chi connectivity index (χ4n) is 11.4. The van der Waals surface area contributed by atoms with E-state index in [0.29, 0.717) is 74.1 Å². The number of halogens is 7. The maximum Gasteiger partial charge on any atom is 0.330 e. The van der Waals surface area contributed by atoms with Crippen molar-refractivity contribution in [2.75, 3.05) is 13.1 Å². The number of nitrogens with one attached hydrogen (secondary N) is 1. The van der Waals surface area contributed by atoms with Gasteiger partial charge in [0.05, 0.1) is 30.3 Å². The molecule has 4 bridgehead atoms. The van der Waals surface area contributed by atoms with Gasteiger partial charge < -0.3 is 19.7 Å². The van der Waals surface area contributed by atoms with Crippen molar-refractivity contribution in [1.82, 2.24) is 24.8 Å². The normalized spacial score (nSPS) is 33.6. The Morgan fingerprint density at radius 1 is 0.912 bits per heavy atom. The summed E-state index contributed by atoms with van der Waals surface area (Å²) < 4.78 is 110. The van der Waals surface area contributed by atoms with E-state index < -0.39 is 63.9 Å². The maximum absolute atomic E-state index is 15.6. The number of carbonyl (C=O) groups is 2. The number of aromatic nitrogens is 3. The minimum Gasteiger partial charge on any atom is -0.490 e. The van der Waals surface area contributed by atoms with Gasteiger partial charge in [-0.1, -0.05) is 0 Å². The zero-order valence-electron chi connectivity index (χ0n) is 31.6. The second-order valence-electron chi connectivity index (χ2n) is 18.0. The molecule has 16 heteroatoms. The summed E-state index contributed by atoms with van der Waals surface area (Å²) in [5.41, 5.74) is -3.91. The number of carboxylic acid groups (broad SMARTS) is 1. The molecule has 7 fully saturated rings. The number of ether oxygens (including phenoxy) is 1. The van der Waals surface area contributed by atoms with Crippen LogP contribution in [-0.4, -0.2) is 84.7 Å². The van der Waals surface area contributed by atoms with E-state index in [1.807, 2.05) is 9.47 Å². The van der Waals surface area contributed by atoms with E-state index in [0.717, 1.165) is 6.20 Å². The molecular formula is C41H46F7N5O4. The molecule has 57 heavy (non-hydrogen) atoms. The van der Waals surface area contributed by atoms with E-state index in [2.05, 4.69) is 15.3 Å². The Labute approximate surface area is 324 Å². The number of aliphatic carboxylic acids is 1. The highest BCUT2D eigenvalue weighted by molar-refractivity contribution is 6.00. The van der Waals surface area contributed by atoms with E-state index in [4.69, 9.17) is 4.74 Å². The minimum absolute atomic E-state index is 0.000374. The van der Waals surface area contributed by atoms with Gasteiger partial charge in [0.1, 0.15) is 22.7 Å². The highest BCUT2D eigenvalue weighted by Crippen LogP contribution is 2.61. The highest BCUT2D eigenvalue weighted by atomic mass is 19.3. The van der Waals surface area contributed by atoms with E-state index in [-0.39, 0.29) is 81.5 Å².